The van der Waals surface area contributed by atoms with Crippen molar-refractivity contribution in [3.8, 4) is 0 Å². The number of rotatable bonds is 3. The van der Waals surface area contributed by atoms with Crippen LogP contribution >= 0.6 is 27.7 Å². The Bertz CT molecular complexity index is 245. The first kappa shape index (κ1) is 9.99. The lowest BCUT2D eigenvalue weighted by molar-refractivity contribution is 0.948. The molecule has 0 unspecified atom stereocenters. The van der Waals surface area contributed by atoms with Crippen LogP contribution < -0.4 is 0 Å². The van der Waals surface area contributed by atoms with Crippen LogP contribution in [0.15, 0.2) is 15.7 Å². The second-order valence-electron chi connectivity index (χ2n) is 2.42. The van der Waals surface area contributed by atoms with Crippen molar-refractivity contribution in [3.05, 3.63) is 16.5 Å². The van der Waals surface area contributed by atoms with Gasteiger partial charge < -0.3 is 0 Å². The minimum atomic E-state index is 0.822. The van der Waals surface area contributed by atoms with E-state index in [-0.39, 0.29) is 0 Å². The van der Waals surface area contributed by atoms with Crippen LogP contribution in [-0.2, 0) is 0 Å². The smallest absolute Gasteiger partial charge is 0.127 e. The number of halogens is 1. The normalized spacial score (nSPS) is 10.2. The first-order valence-corrected chi connectivity index (χ1v) is 5.64. The molecule has 0 aliphatic heterocycles. The van der Waals surface area contributed by atoms with Crippen molar-refractivity contribution in [3.63, 3.8) is 0 Å². The largest absolute Gasteiger partial charge is 0.227 e. The number of aryl methyl sites for hydroxylation is 1. The van der Waals surface area contributed by atoms with Crippen molar-refractivity contribution in [2.24, 2.45) is 0 Å². The van der Waals surface area contributed by atoms with Crippen molar-refractivity contribution >= 4 is 27.7 Å². The molecular formula is C8H11BrN2S. The summed E-state index contributed by atoms with van der Waals surface area (Å²) >= 11 is 5.11. The van der Waals surface area contributed by atoms with E-state index < -0.39 is 0 Å². The fraction of sp³-hybridized carbons (Fsp3) is 0.500. The molecule has 66 valence electrons. The van der Waals surface area contributed by atoms with E-state index in [0.717, 1.165) is 21.2 Å². The van der Waals surface area contributed by atoms with Crippen LogP contribution in [0.1, 0.15) is 19.2 Å². The molecule has 0 saturated heterocycles. The standard InChI is InChI=1S/C8H11BrN2S/c1-3-4-12-8-5-7(9)10-6(2)11-8/h5H,3-4H2,1-2H3. The van der Waals surface area contributed by atoms with Crippen LogP contribution in [0, 0.1) is 6.92 Å². The lowest BCUT2D eigenvalue weighted by Gasteiger charge is -2.00. The maximum Gasteiger partial charge on any atom is 0.127 e. The minimum Gasteiger partial charge on any atom is -0.227 e. The summed E-state index contributed by atoms with van der Waals surface area (Å²) < 4.78 is 0.869. The van der Waals surface area contributed by atoms with Gasteiger partial charge in [0, 0.05) is 6.07 Å². The van der Waals surface area contributed by atoms with Crippen LogP contribution in [0.25, 0.3) is 0 Å². The van der Waals surface area contributed by atoms with Gasteiger partial charge in [-0.2, -0.15) is 0 Å². The third kappa shape index (κ3) is 3.11. The molecule has 1 aromatic heterocycles. The second kappa shape index (κ2) is 4.82. The monoisotopic (exact) mass is 246 g/mol. The summed E-state index contributed by atoms with van der Waals surface area (Å²) in [7, 11) is 0. The minimum absolute atomic E-state index is 0.822. The van der Waals surface area contributed by atoms with Gasteiger partial charge in [-0.1, -0.05) is 6.92 Å². The van der Waals surface area contributed by atoms with Gasteiger partial charge in [-0.25, -0.2) is 9.97 Å². The summed E-state index contributed by atoms with van der Waals surface area (Å²) in [4.78, 5) is 8.43. The highest BCUT2D eigenvalue weighted by molar-refractivity contribution is 9.10. The Balaban J connectivity index is 2.72. The molecule has 1 aromatic rings. The van der Waals surface area contributed by atoms with Crippen LogP contribution in [0.2, 0.25) is 0 Å². The van der Waals surface area contributed by atoms with Gasteiger partial charge in [-0.3, -0.25) is 0 Å². The van der Waals surface area contributed by atoms with Gasteiger partial charge in [0.2, 0.25) is 0 Å². The molecule has 0 atom stereocenters. The molecular weight excluding hydrogens is 236 g/mol. The quantitative estimate of drug-likeness (QED) is 0.606. The summed E-state index contributed by atoms with van der Waals surface area (Å²) in [5.74, 6) is 1.94. The molecule has 0 aliphatic rings. The predicted molar refractivity (Wildman–Crippen MR) is 55.5 cm³/mol. The van der Waals surface area contributed by atoms with E-state index in [4.69, 9.17) is 0 Å². The highest BCUT2D eigenvalue weighted by atomic mass is 79.9. The Morgan fingerprint density at radius 1 is 1.50 bits per heavy atom. The van der Waals surface area contributed by atoms with Crippen molar-refractivity contribution in [2.45, 2.75) is 25.3 Å². The maximum atomic E-state index is 4.29. The van der Waals surface area contributed by atoms with Gasteiger partial charge in [-0.15, -0.1) is 11.8 Å². The molecule has 0 fully saturated rings. The van der Waals surface area contributed by atoms with Crippen LogP contribution in [0.4, 0.5) is 0 Å². The number of nitrogens with zero attached hydrogens (tertiary/aromatic N) is 2. The van der Waals surface area contributed by atoms with Gasteiger partial charge in [0.15, 0.2) is 0 Å². The van der Waals surface area contributed by atoms with Crippen molar-refractivity contribution in [1.29, 1.82) is 0 Å². The summed E-state index contributed by atoms with van der Waals surface area (Å²) in [6.45, 7) is 4.07. The molecule has 0 aromatic carbocycles. The van der Waals surface area contributed by atoms with Gasteiger partial charge in [0.05, 0.1) is 0 Å². The van der Waals surface area contributed by atoms with Gasteiger partial charge in [0.25, 0.3) is 0 Å². The van der Waals surface area contributed by atoms with Gasteiger partial charge in [-0.05, 0) is 35.0 Å². The number of hydrogen-bond acceptors (Lipinski definition) is 3. The molecule has 0 aliphatic carbocycles. The van der Waals surface area contributed by atoms with E-state index in [1.54, 1.807) is 11.8 Å². The summed E-state index contributed by atoms with van der Waals surface area (Å²) in [6.07, 6.45) is 1.17. The molecule has 12 heavy (non-hydrogen) atoms. The fourth-order valence-electron chi connectivity index (χ4n) is 0.786. The van der Waals surface area contributed by atoms with Gasteiger partial charge >= 0.3 is 0 Å². The molecule has 1 rings (SSSR count). The Morgan fingerprint density at radius 2 is 2.25 bits per heavy atom. The molecule has 0 saturated carbocycles. The molecule has 0 N–H and O–H groups in total. The SMILES string of the molecule is CCCSc1cc(Br)nc(C)n1. The average Bonchev–Trinajstić information content (AvgIpc) is 1.99. The summed E-state index contributed by atoms with van der Waals surface area (Å²) in [6, 6.07) is 1.95. The fourth-order valence-corrected chi connectivity index (χ4v) is 2.22. The number of thioether (sulfide) groups is 1. The van der Waals surface area contributed by atoms with E-state index in [2.05, 4.69) is 32.8 Å². The maximum absolute atomic E-state index is 4.29. The lowest BCUT2D eigenvalue weighted by atomic mass is 10.6. The zero-order valence-corrected chi connectivity index (χ0v) is 9.57. The van der Waals surface area contributed by atoms with Crippen molar-refractivity contribution in [1.82, 2.24) is 9.97 Å². The predicted octanol–water partition coefficient (Wildman–Crippen LogP) is 3.05. The van der Waals surface area contributed by atoms with Crippen LogP contribution in [0.3, 0.4) is 0 Å². The zero-order chi connectivity index (χ0) is 8.97. The van der Waals surface area contributed by atoms with E-state index in [1.165, 1.54) is 6.42 Å². The van der Waals surface area contributed by atoms with E-state index in [1.807, 2.05) is 13.0 Å². The molecule has 0 radical (unpaired) electrons. The molecule has 0 amide bonds. The summed E-state index contributed by atoms with van der Waals surface area (Å²) in [5, 5.41) is 1.05. The van der Waals surface area contributed by atoms with E-state index >= 15 is 0 Å². The first-order valence-electron chi connectivity index (χ1n) is 3.86. The number of aromatic nitrogens is 2. The Kier molecular flexibility index (Phi) is 4.01. The highest BCUT2D eigenvalue weighted by Gasteiger charge is 1.98. The Morgan fingerprint density at radius 3 is 2.83 bits per heavy atom. The zero-order valence-electron chi connectivity index (χ0n) is 7.17. The number of hydrogen-bond donors (Lipinski definition) is 0. The van der Waals surface area contributed by atoms with E-state index in [0.29, 0.717) is 0 Å². The van der Waals surface area contributed by atoms with Crippen molar-refractivity contribution in [2.75, 3.05) is 5.75 Å². The van der Waals surface area contributed by atoms with Crippen LogP contribution in [-0.4, -0.2) is 15.7 Å². The third-order valence-electron chi connectivity index (χ3n) is 1.24. The van der Waals surface area contributed by atoms with Gasteiger partial charge in [0.1, 0.15) is 15.5 Å². The second-order valence-corrected chi connectivity index (χ2v) is 4.35. The first-order chi connectivity index (χ1) is 5.72. The molecule has 4 heteroatoms. The molecule has 0 bridgehead atoms. The molecule has 1 heterocycles. The highest BCUT2D eigenvalue weighted by Crippen LogP contribution is 2.19. The van der Waals surface area contributed by atoms with Crippen LogP contribution in [0.5, 0.6) is 0 Å². The average molecular weight is 247 g/mol. The molecule has 0 spiro atoms. The molecule has 2 nitrogen and oxygen atoms in total. The summed E-state index contributed by atoms with van der Waals surface area (Å²) in [5.41, 5.74) is 0. The lowest BCUT2D eigenvalue weighted by Crippen LogP contribution is -1.90. The topological polar surface area (TPSA) is 25.8 Å². The Hall–Kier alpha value is -0.0900. The Labute approximate surface area is 85.3 Å². The third-order valence-corrected chi connectivity index (χ3v) is 2.76. The van der Waals surface area contributed by atoms with Crippen molar-refractivity contribution < 1.29 is 0 Å². The van der Waals surface area contributed by atoms with E-state index in [9.17, 15) is 0 Å².